The minimum Gasteiger partial charge on any atom is -0.374 e. The zero-order valence-corrected chi connectivity index (χ0v) is 12.8. The number of nitrogens with zero attached hydrogens (tertiary/aromatic N) is 3. The van der Waals surface area contributed by atoms with Gasteiger partial charge in [0.05, 0.1) is 18.2 Å². The van der Waals surface area contributed by atoms with Gasteiger partial charge in [-0.25, -0.2) is 4.98 Å². The van der Waals surface area contributed by atoms with Gasteiger partial charge in [0.1, 0.15) is 5.82 Å². The van der Waals surface area contributed by atoms with E-state index in [-0.39, 0.29) is 0 Å². The molecule has 0 radical (unpaired) electrons. The predicted molar refractivity (Wildman–Crippen MR) is 86.9 cm³/mol. The summed E-state index contributed by atoms with van der Waals surface area (Å²) >= 11 is 0. The molecule has 21 heavy (non-hydrogen) atoms. The molecule has 1 aliphatic heterocycles. The van der Waals surface area contributed by atoms with Crippen LogP contribution in [0.5, 0.6) is 0 Å². The molecule has 0 bridgehead atoms. The maximum atomic E-state index is 5.87. The highest BCUT2D eigenvalue weighted by atomic mass is 16.5. The van der Waals surface area contributed by atoms with Gasteiger partial charge in [0.2, 0.25) is 0 Å². The van der Waals surface area contributed by atoms with Gasteiger partial charge in [0.25, 0.3) is 0 Å². The lowest BCUT2D eigenvalue weighted by Gasteiger charge is -2.34. The fraction of sp³-hybridized carbons (Fsp3) is 0.471. The molecule has 1 aromatic carbocycles. The Balaban J connectivity index is 1.72. The molecule has 1 aliphatic rings. The summed E-state index contributed by atoms with van der Waals surface area (Å²) in [7, 11) is 4.21. The number of rotatable bonds is 4. The molecule has 0 amide bonds. The van der Waals surface area contributed by atoms with Crippen molar-refractivity contribution in [2.24, 2.45) is 0 Å². The number of hydrogen-bond donors (Lipinski definition) is 0. The van der Waals surface area contributed by atoms with E-state index in [0.717, 1.165) is 44.0 Å². The lowest BCUT2D eigenvalue weighted by molar-refractivity contribution is 0.0309. The molecule has 0 aliphatic carbocycles. The smallest absolute Gasteiger partial charge is 0.129 e. The maximum Gasteiger partial charge on any atom is 0.129 e. The van der Waals surface area contributed by atoms with Crippen molar-refractivity contribution < 1.29 is 4.74 Å². The van der Waals surface area contributed by atoms with Crippen molar-refractivity contribution in [2.75, 3.05) is 45.2 Å². The Labute approximate surface area is 126 Å². The minimum absolute atomic E-state index is 0.300. The molecule has 1 atom stereocenters. The monoisotopic (exact) mass is 285 g/mol. The van der Waals surface area contributed by atoms with Crippen LogP contribution in [0.25, 0.3) is 10.9 Å². The maximum absolute atomic E-state index is 5.87. The number of pyridine rings is 1. The Morgan fingerprint density at radius 2 is 2.10 bits per heavy atom. The van der Waals surface area contributed by atoms with Crippen molar-refractivity contribution in [3.05, 3.63) is 36.4 Å². The van der Waals surface area contributed by atoms with Gasteiger partial charge in [-0.1, -0.05) is 18.2 Å². The number of hydrogen-bond acceptors (Lipinski definition) is 4. The number of benzene rings is 1. The second-order valence-corrected chi connectivity index (χ2v) is 5.89. The SMILES string of the molecule is CN(C)CCC1CN(c2ccc3ccccc3n2)CCO1. The van der Waals surface area contributed by atoms with Gasteiger partial charge in [-0.3, -0.25) is 0 Å². The van der Waals surface area contributed by atoms with Crippen LogP contribution in [-0.4, -0.2) is 56.3 Å². The summed E-state index contributed by atoms with van der Waals surface area (Å²) in [4.78, 5) is 9.34. The van der Waals surface area contributed by atoms with Gasteiger partial charge in [-0.2, -0.15) is 0 Å². The number of anilines is 1. The van der Waals surface area contributed by atoms with E-state index in [9.17, 15) is 0 Å². The first kappa shape index (κ1) is 14.3. The number of para-hydroxylation sites is 1. The van der Waals surface area contributed by atoms with Gasteiger partial charge in [-0.15, -0.1) is 0 Å². The fourth-order valence-corrected chi connectivity index (χ4v) is 2.74. The molecule has 1 aromatic heterocycles. The lowest BCUT2D eigenvalue weighted by Crippen LogP contribution is -2.43. The van der Waals surface area contributed by atoms with Gasteiger partial charge in [-0.05, 0) is 38.7 Å². The third kappa shape index (κ3) is 3.52. The fourth-order valence-electron chi connectivity index (χ4n) is 2.74. The predicted octanol–water partition coefficient (Wildman–Crippen LogP) is 2.39. The van der Waals surface area contributed by atoms with E-state index in [0.29, 0.717) is 6.10 Å². The first-order valence-corrected chi connectivity index (χ1v) is 7.59. The quantitative estimate of drug-likeness (QED) is 0.862. The van der Waals surface area contributed by atoms with Crippen molar-refractivity contribution >= 4 is 16.7 Å². The van der Waals surface area contributed by atoms with Crippen LogP contribution < -0.4 is 4.90 Å². The Morgan fingerprint density at radius 1 is 1.24 bits per heavy atom. The summed E-state index contributed by atoms with van der Waals surface area (Å²) < 4.78 is 5.87. The molecule has 1 unspecified atom stereocenters. The molecule has 3 rings (SSSR count). The molecule has 1 saturated heterocycles. The summed E-state index contributed by atoms with van der Waals surface area (Å²) in [6, 6.07) is 12.5. The van der Waals surface area contributed by atoms with Crippen molar-refractivity contribution in [1.82, 2.24) is 9.88 Å². The van der Waals surface area contributed by atoms with Gasteiger partial charge in [0.15, 0.2) is 0 Å². The molecule has 0 N–H and O–H groups in total. The highest BCUT2D eigenvalue weighted by molar-refractivity contribution is 5.80. The molecule has 4 heteroatoms. The number of morpholine rings is 1. The lowest BCUT2D eigenvalue weighted by atomic mass is 10.2. The zero-order chi connectivity index (χ0) is 14.7. The van der Waals surface area contributed by atoms with E-state index >= 15 is 0 Å². The molecule has 0 saturated carbocycles. The van der Waals surface area contributed by atoms with E-state index < -0.39 is 0 Å². The van der Waals surface area contributed by atoms with Crippen LogP contribution in [0.15, 0.2) is 36.4 Å². The van der Waals surface area contributed by atoms with Crippen LogP contribution in [-0.2, 0) is 4.74 Å². The van der Waals surface area contributed by atoms with Crippen molar-refractivity contribution in [1.29, 1.82) is 0 Å². The molecule has 4 nitrogen and oxygen atoms in total. The summed E-state index contributed by atoms with van der Waals surface area (Å²) in [6.07, 6.45) is 1.37. The second kappa shape index (κ2) is 6.41. The number of aromatic nitrogens is 1. The van der Waals surface area contributed by atoms with Crippen LogP contribution >= 0.6 is 0 Å². The normalized spacial score (nSPS) is 19.4. The van der Waals surface area contributed by atoms with E-state index in [1.54, 1.807) is 0 Å². The van der Waals surface area contributed by atoms with Crippen LogP contribution in [0.4, 0.5) is 5.82 Å². The Kier molecular flexibility index (Phi) is 4.36. The molecular weight excluding hydrogens is 262 g/mol. The molecule has 2 heterocycles. The third-order valence-electron chi connectivity index (χ3n) is 3.94. The van der Waals surface area contributed by atoms with E-state index in [1.165, 1.54) is 5.39 Å². The summed E-state index contributed by atoms with van der Waals surface area (Å²) in [5.41, 5.74) is 1.06. The zero-order valence-electron chi connectivity index (χ0n) is 12.8. The number of ether oxygens (including phenoxy) is 1. The van der Waals surface area contributed by atoms with Gasteiger partial charge in [0, 0.05) is 25.0 Å². The molecule has 0 spiro atoms. The average molecular weight is 285 g/mol. The summed E-state index contributed by atoms with van der Waals surface area (Å²) in [5.74, 6) is 1.06. The van der Waals surface area contributed by atoms with E-state index in [2.05, 4.69) is 54.2 Å². The number of fused-ring (bicyclic) bond motifs is 1. The third-order valence-corrected chi connectivity index (χ3v) is 3.94. The second-order valence-electron chi connectivity index (χ2n) is 5.89. The molecule has 1 fully saturated rings. The standard InChI is InChI=1S/C17H23N3O/c1-19(2)10-9-15-13-20(11-12-21-15)17-8-7-14-5-3-4-6-16(14)18-17/h3-8,15H,9-13H2,1-2H3. The Morgan fingerprint density at radius 3 is 2.95 bits per heavy atom. The minimum atomic E-state index is 0.300. The van der Waals surface area contributed by atoms with E-state index in [4.69, 9.17) is 9.72 Å². The summed E-state index contributed by atoms with van der Waals surface area (Å²) in [6.45, 7) is 3.69. The molecule has 112 valence electrons. The molecular formula is C17H23N3O. The molecule has 2 aromatic rings. The van der Waals surface area contributed by atoms with Crippen LogP contribution in [0, 0.1) is 0 Å². The van der Waals surface area contributed by atoms with E-state index in [1.807, 2.05) is 6.07 Å². The van der Waals surface area contributed by atoms with Crippen LogP contribution in [0.2, 0.25) is 0 Å². The van der Waals surface area contributed by atoms with Crippen molar-refractivity contribution in [2.45, 2.75) is 12.5 Å². The van der Waals surface area contributed by atoms with Crippen LogP contribution in [0.3, 0.4) is 0 Å². The Bertz CT molecular complexity index is 599. The van der Waals surface area contributed by atoms with Gasteiger partial charge < -0.3 is 14.5 Å². The van der Waals surface area contributed by atoms with Gasteiger partial charge >= 0.3 is 0 Å². The van der Waals surface area contributed by atoms with Crippen LogP contribution in [0.1, 0.15) is 6.42 Å². The van der Waals surface area contributed by atoms with Crippen molar-refractivity contribution in [3.63, 3.8) is 0 Å². The topological polar surface area (TPSA) is 28.6 Å². The summed E-state index contributed by atoms with van der Waals surface area (Å²) in [5, 5.41) is 1.19. The average Bonchev–Trinajstić information content (AvgIpc) is 2.53. The first-order chi connectivity index (χ1) is 10.2. The Hall–Kier alpha value is -1.65. The highest BCUT2D eigenvalue weighted by Crippen LogP contribution is 2.20. The highest BCUT2D eigenvalue weighted by Gasteiger charge is 2.21. The largest absolute Gasteiger partial charge is 0.374 e. The van der Waals surface area contributed by atoms with Crippen molar-refractivity contribution in [3.8, 4) is 0 Å². The first-order valence-electron chi connectivity index (χ1n) is 7.59.